The highest BCUT2D eigenvalue weighted by Gasteiger charge is 2.56. The second-order valence-corrected chi connectivity index (χ2v) is 18.9. The third-order valence-electron chi connectivity index (χ3n) is 14.2. The van der Waals surface area contributed by atoms with Gasteiger partial charge in [-0.15, -0.1) is 0 Å². The normalized spacial score (nSPS) is 22.6. The van der Waals surface area contributed by atoms with E-state index < -0.39 is 30.1 Å². The molecule has 0 radical (unpaired) electrons. The second-order valence-electron chi connectivity index (χ2n) is 18.9. The van der Waals surface area contributed by atoms with E-state index in [0.717, 1.165) is 74.1 Å². The minimum Gasteiger partial charge on any atom is -0.507 e. The maximum atomic E-state index is 13.7. The quantitative estimate of drug-likeness (QED) is 0.122. The Kier molecular flexibility index (Phi) is 12.1. The van der Waals surface area contributed by atoms with Crippen molar-refractivity contribution in [3.05, 3.63) is 64.6 Å². The average molecular weight is 855 g/mol. The number of rotatable bonds is 13. The van der Waals surface area contributed by atoms with Gasteiger partial charge in [-0.2, -0.15) is 0 Å². The zero-order valence-electron chi connectivity index (χ0n) is 36.1. The number of para-hydroxylation sites is 1. The molecule has 17 nitrogen and oxygen atoms in total. The smallest absolute Gasteiger partial charge is 0.329 e. The Morgan fingerprint density at radius 1 is 1.06 bits per heavy atom. The lowest BCUT2D eigenvalue weighted by Gasteiger charge is -2.61. The molecular weight excluding hydrogens is 793 g/mol. The van der Waals surface area contributed by atoms with Crippen molar-refractivity contribution < 1.29 is 34.4 Å². The van der Waals surface area contributed by atoms with Crippen LogP contribution in [0.4, 0.5) is 16.6 Å². The van der Waals surface area contributed by atoms with Crippen LogP contribution in [0.2, 0.25) is 0 Å². The van der Waals surface area contributed by atoms with Crippen LogP contribution in [0.1, 0.15) is 99.2 Å². The number of β-amino-alcohol motifs (C(OH)–C–C–N with tert-alkyl or cyclic N) is 1. The lowest BCUT2D eigenvalue weighted by Crippen LogP contribution is -2.70. The van der Waals surface area contributed by atoms with Crippen LogP contribution >= 0.6 is 0 Å². The van der Waals surface area contributed by atoms with Gasteiger partial charge in [-0.1, -0.05) is 26.0 Å². The molecule has 9 N–H and O–H groups in total. The number of ether oxygens (including phenoxy) is 1. The highest BCUT2D eigenvalue weighted by atomic mass is 16.5. The molecule has 3 aromatic rings. The number of nitrogens with one attached hydrogen (secondary N) is 2. The van der Waals surface area contributed by atoms with Gasteiger partial charge in [0.2, 0.25) is 11.9 Å². The molecular formula is C45H62N10O7. The van der Waals surface area contributed by atoms with Crippen molar-refractivity contribution in [2.45, 2.75) is 95.9 Å². The average Bonchev–Trinajstić information content (AvgIpc) is 3.80. The Morgan fingerprint density at radius 2 is 1.77 bits per heavy atom. The highest BCUT2D eigenvalue weighted by Crippen LogP contribution is 2.51. The first-order chi connectivity index (χ1) is 29.6. The number of carboxylic acids is 1. The number of likely N-dealkylation sites (tertiary alicyclic amines) is 3. The predicted molar refractivity (Wildman–Crippen MR) is 234 cm³/mol. The summed E-state index contributed by atoms with van der Waals surface area (Å²) in [5, 5.41) is 32.4. The summed E-state index contributed by atoms with van der Waals surface area (Å²) in [6.45, 7) is 10.3. The van der Waals surface area contributed by atoms with Crippen LogP contribution in [0.15, 0.2) is 36.7 Å². The van der Waals surface area contributed by atoms with Crippen LogP contribution in [0, 0.1) is 10.8 Å². The standard InChI is InChI=1S/C45H62N10O7/c1-27-38-33(18-34(46)32-6-4-5-7-36(32)57)40(47)50-35(38)11-16-55(27)42-48-21-29(22-49-42)28-8-13-52(14-9-28)30-19-45(20-30)25-54(26-45)43(61)51-39(41(60)53-15-10-31(56)23-53)44(2,3)12-17-62-24-37(58)59/h4-7,18,21-22,27-28,30-31,39,50,56-57H,8-17,19-20,23-26,46-47H2,1-3H3,(H,51,61)(H,58,59)/b34-18-. The van der Waals surface area contributed by atoms with E-state index in [4.69, 9.17) is 31.3 Å². The van der Waals surface area contributed by atoms with Crippen LogP contribution in [0.25, 0.3) is 11.8 Å². The van der Waals surface area contributed by atoms with E-state index in [1.54, 1.807) is 28.0 Å². The molecule has 8 rings (SSSR count). The number of hydrogen-bond acceptors (Lipinski definition) is 12. The number of phenols is 1. The Hall–Kier alpha value is -5.39. The molecule has 3 saturated heterocycles. The third-order valence-corrected chi connectivity index (χ3v) is 14.2. The molecule has 62 heavy (non-hydrogen) atoms. The SMILES string of the molecule is CC1c2c([nH]c(N)c2/C=C(\N)c2ccccc2O)CCN1c1ncc(C2CCN(C3CC4(C3)CN(C(=O)NC(C(=O)N3CCC(O)C3)C(C)(C)CCOCC(=O)O)C4)CC2)cn1. The van der Waals surface area contributed by atoms with Crippen molar-refractivity contribution in [2.24, 2.45) is 16.6 Å². The summed E-state index contributed by atoms with van der Waals surface area (Å²) in [7, 11) is 0. The Morgan fingerprint density at radius 3 is 2.44 bits per heavy atom. The van der Waals surface area contributed by atoms with E-state index in [0.29, 0.717) is 67.5 Å². The number of urea groups is 1. The molecule has 3 atom stereocenters. The molecule has 1 aliphatic carbocycles. The number of phenolic OH excluding ortho intramolecular Hbond substituents is 1. The number of amides is 3. The molecule has 334 valence electrons. The van der Waals surface area contributed by atoms with Gasteiger partial charge in [0.15, 0.2) is 0 Å². The number of aromatic hydroxyl groups is 1. The predicted octanol–water partition coefficient (Wildman–Crippen LogP) is 3.51. The van der Waals surface area contributed by atoms with Crippen molar-refractivity contribution in [3.8, 4) is 5.75 Å². The number of carboxylic acid groups (broad SMARTS) is 1. The summed E-state index contributed by atoms with van der Waals surface area (Å²) in [5.41, 5.74) is 17.4. The summed E-state index contributed by atoms with van der Waals surface area (Å²) < 4.78 is 5.28. The molecule has 4 aliphatic heterocycles. The molecule has 4 fully saturated rings. The van der Waals surface area contributed by atoms with Crippen molar-refractivity contribution in [3.63, 3.8) is 0 Å². The number of fused-ring (bicyclic) bond motifs is 1. The van der Waals surface area contributed by atoms with Crippen LogP contribution in [0.3, 0.4) is 0 Å². The van der Waals surface area contributed by atoms with E-state index in [-0.39, 0.29) is 42.3 Å². The minimum absolute atomic E-state index is 0.0553. The van der Waals surface area contributed by atoms with E-state index in [1.807, 2.05) is 38.4 Å². The van der Waals surface area contributed by atoms with Crippen LogP contribution in [-0.2, 0) is 20.7 Å². The van der Waals surface area contributed by atoms with Gasteiger partial charge >= 0.3 is 12.0 Å². The van der Waals surface area contributed by atoms with Gasteiger partial charge in [-0.05, 0) is 93.6 Å². The highest BCUT2D eigenvalue weighted by molar-refractivity contribution is 5.89. The Balaban J connectivity index is 0.814. The summed E-state index contributed by atoms with van der Waals surface area (Å²) in [5.74, 6) is 0.414. The molecule has 3 unspecified atom stereocenters. The lowest BCUT2D eigenvalue weighted by molar-refractivity contribution is -0.143. The number of nitrogen functional groups attached to an aromatic ring is 1. The van der Waals surface area contributed by atoms with Crippen LogP contribution < -0.4 is 21.7 Å². The molecule has 0 bridgehead atoms. The van der Waals surface area contributed by atoms with E-state index in [2.05, 4.69) is 27.0 Å². The maximum absolute atomic E-state index is 13.7. The molecule has 1 saturated carbocycles. The molecule has 1 spiro atoms. The number of aromatic nitrogens is 3. The summed E-state index contributed by atoms with van der Waals surface area (Å²) in [6, 6.07) is 6.31. The molecule has 17 heteroatoms. The van der Waals surface area contributed by atoms with Gasteiger partial charge in [0, 0.05) is 97.7 Å². The zero-order valence-corrected chi connectivity index (χ0v) is 36.1. The van der Waals surface area contributed by atoms with Gasteiger partial charge in [0.25, 0.3) is 0 Å². The first kappa shape index (κ1) is 43.3. The molecule has 5 aliphatic rings. The number of benzene rings is 1. The number of anilines is 2. The fraction of sp³-hybridized carbons (Fsp3) is 0.578. The molecule has 3 amide bonds. The van der Waals surface area contributed by atoms with Gasteiger partial charge < -0.3 is 61.4 Å². The lowest BCUT2D eigenvalue weighted by atomic mass is 9.60. The number of H-pyrrole nitrogens is 1. The fourth-order valence-corrected chi connectivity index (χ4v) is 10.5. The topological polar surface area (TPSA) is 240 Å². The molecule has 6 heterocycles. The van der Waals surface area contributed by atoms with Crippen LogP contribution in [0.5, 0.6) is 5.75 Å². The summed E-state index contributed by atoms with van der Waals surface area (Å²) >= 11 is 0. The molecule has 1 aromatic carbocycles. The number of aliphatic hydroxyl groups is 1. The number of piperidine rings is 1. The number of hydrogen-bond donors (Lipinski definition) is 7. The van der Waals surface area contributed by atoms with Gasteiger partial charge in [0.1, 0.15) is 24.2 Å². The van der Waals surface area contributed by atoms with Crippen molar-refractivity contribution in [2.75, 3.05) is 69.7 Å². The van der Waals surface area contributed by atoms with Gasteiger partial charge in [0.05, 0.1) is 12.1 Å². The largest absolute Gasteiger partial charge is 0.507 e. The number of nitrogens with zero attached hydrogens (tertiary/aromatic N) is 6. The van der Waals surface area contributed by atoms with Crippen molar-refractivity contribution in [1.82, 2.24) is 35.0 Å². The van der Waals surface area contributed by atoms with Crippen LogP contribution in [-0.4, -0.2) is 140 Å². The number of aromatic amines is 1. The summed E-state index contributed by atoms with van der Waals surface area (Å²) in [6.07, 6.45) is 11.0. The number of carbonyl (C=O) groups is 3. The van der Waals surface area contributed by atoms with E-state index >= 15 is 0 Å². The first-order valence-electron chi connectivity index (χ1n) is 22.0. The van der Waals surface area contributed by atoms with Crippen molar-refractivity contribution in [1.29, 1.82) is 0 Å². The third kappa shape index (κ3) is 8.79. The number of aliphatic hydroxyl groups excluding tert-OH is 1. The fourth-order valence-electron chi connectivity index (χ4n) is 10.5. The zero-order chi connectivity index (χ0) is 43.9. The summed E-state index contributed by atoms with van der Waals surface area (Å²) in [4.78, 5) is 59.5. The first-order valence-corrected chi connectivity index (χ1v) is 22.0. The minimum atomic E-state index is -1.06. The monoisotopic (exact) mass is 854 g/mol. The Labute approximate surface area is 362 Å². The van der Waals surface area contributed by atoms with E-state index in [9.17, 15) is 24.6 Å². The maximum Gasteiger partial charge on any atom is 0.329 e. The van der Waals surface area contributed by atoms with E-state index in [1.165, 1.54) is 0 Å². The molecule has 2 aromatic heterocycles. The Bertz CT molecular complexity index is 2150. The van der Waals surface area contributed by atoms with Gasteiger partial charge in [-0.3, -0.25) is 4.79 Å². The number of carbonyl (C=O) groups excluding carboxylic acids is 2. The van der Waals surface area contributed by atoms with Gasteiger partial charge in [-0.25, -0.2) is 19.6 Å². The second kappa shape index (κ2) is 17.4. The van der Waals surface area contributed by atoms with Crippen molar-refractivity contribution >= 4 is 41.4 Å². The number of nitrogens with two attached hydrogens (primary N) is 2. The number of aliphatic carboxylic acids is 1.